The summed E-state index contributed by atoms with van der Waals surface area (Å²) < 4.78 is 1.01. The number of hydrogen-bond donors (Lipinski definition) is 3. The summed E-state index contributed by atoms with van der Waals surface area (Å²) in [4.78, 5) is 60.4. The highest BCUT2D eigenvalue weighted by Crippen LogP contribution is 2.35. The number of hydrogen-bond acceptors (Lipinski definition) is 7. The van der Waals surface area contributed by atoms with Crippen LogP contribution in [-0.4, -0.2) is 44.7 Å². The molecule has 202 valence electrons. The lowest BCUT2D eigenvalue weighted by Gasteiger charge is -2.29. The van der Waals surface area contributed by atoms with Gasteiger partial charge in [-0.15, -0.1) is 11.3 Å². The molecule has 1 unspecified atom stereocenters. The zero-order valence-electron chi connectivity index (χ0n) is 21.9. The first-order chi connectivity index (χ1) is 19.2. The zero-order chi connectivity index (χ0) is 28.0. The van der Waals surface area contributed by atoms with Crippen molar-refractivity contribution in [1.29, 1.82) is 0 Å². The summed E-state index contributed by atoms with van der Waals surface area (Å²) >= 11 is 1.52. The largest absolute Gasteiger partial charge is 0.326 e. The summed E-state index contributed by atoms with van der Waals surface area (Å²) in [7, 11) is 0. The molecule has 2 aromatic carbocycles. The Balaban J connectivity index is 1.16. The molecule has 0 aliphatic carbocycles. The number of benzene rings is 2. The number of amides is 5. The minimum Gasteiger partial charge on any atom is -0.326 e. The molecule has 2 aromatic heterocycles. The molecule has 5 amide bonds. The first-order valence-corrected chi connectivity index (χ1v) is 13.7. The van der Waals surface area contributed by atoms with E-state index >= 15 is 0 Å². The Labute approximate surface area is 233 Å². The van der Waals surface area contributed by atoms with Gasteiger partial charge in [-0.05, 0) is 56.2 Å². The van der Waals surface area contributed by atoms with E-state index in [0.717, 1.165) is 26.4 Å². The molecule has 10 nitrogen and oxygen atoms in total. The lowest BCUT2D eigenvalue weighted by atomic mass is 10.0. The molecular weight excluding hydrogens is 528 g/mol. The number of nitrogens with zero attached hydrogens (tertiary/aromatic N) is 3. The van der Waals surface area contributed by atoms with E-state index in [1.807, 2.05) is 44.2 Å². The number of thiazole rings is 1. The number of pyridine rings is 1. The Morgan fingerprint density at radius 3 is 2.73 bits per heavy atom. The fraction of sp³-hybridized carbons (Fsp3) is 0.241. The van der Waals surface area contributed by atoms with E-state index in [1.54, 1.807) is 30.6 Å². The number of rotatable bonds is 5. The minimum atomic E-state index is -0.769. The summed E-state index contributed by atoms with van der Waals surface area (Å²) in [6.45, 7) is 4.02. The van der Waals surface area contributed by atoms with Crippen LogP contribution in [0.4, 0.5) is 10.5 Å². The highest BCUT2D eigenvalue weighted by atomic mass is 32.1. The number of fused-ring (bicyclic) bond motifs is 2. The third-order valence-corrected chi connectivity index (χ3v) is 8.48. The molecule has 11 heteroatoms. The van der Waals surface area contributed by atoms with Crippen LogP contribution < -0.4 is 16.0 Å². The van der Waals surface area contributed by atoms with Gasteiger partial charge in [-0.1, -0.05) is 18.2 Å². The van der Waals surface area contributed by atoms with Crippen LogP contribution in [0.1, 0.15) is 47.6 Å². The van der Waals surface area contributed by atoms with Gasteiger partial charge in [-0.25, -0.2) is 9.78 Å². The Bertz CT molecular complexity index is 1680. The van der Waals surface area contributed by atoms with Gasteiger partial charge < -0.3 is 15.5 Å². The first-order valence-electron chi connectivity index (χ1n) is 12.9. The smallest absolute Gasteiger partial charge is 0.319 e. The second-order valence-electron chi connectivity index (χ2n) is 10.4. The quantitative estimate of drug-likeness (QED) is 0.317. The third kappa shape index (κ3) is 4.68. The molecule has 6 rings (SSSR count). The number of carbonyl (C=O) groups excluding carboxylic acids is 4. The number of anilines is 1. The molecule has 2 aliphatic heterocycles. The van der Waals surface area contributed by atoms with E-state index in [0.29, 0.717) is 23.2 Å². The first kappa shape index (κ1) is 25.6. The van der Waals surface area contributed by atoms with Gasteiger partial charge in [0.2, 0.25) is 11.8 Å². The van der Waals surface area contributed by atoms with Crippen LogP contribution in [0.2, 0.25) is 0 Å². The normalized spacial score (nSPS) is 17.1. The molecule has 1 saturated heterocycles. The SMILES string of the molecule is CC(C)(NC(=O)Nc1ccc2c(c1)CN(C1CCC(=O)NC1=O)C2=O)c1nc2c(-c3cccnc3)cccc2s1. The van der Waals surface area contributed by atoms with Crippen LogP contribution >= 0.6 is 11.3 Å². The molecule has 40 heavy (non-hydrogen) atoms. The topological polar surface area (TPSA) is 133 Å². The van der Waals surface area contributed by atoms with Crippen molar-refractivity contribution in [2.45, 2.75) is 44.8 Å². The standard InChI is InChI=1S/C29H26N6O4S/c1-29(2,27-33-24-19(6-3-7-22(24)40-27)16-5-4-12-30-14-16)34-28(39)31-18-8-9-20-17(13-18)15-35(26(20)38)21-10-11-23(36)32-25(21)37/h3-9,12-14,21H,10-11,15H2,1-2H3,(H2,31,34,39)(H,32,36,37). The van der Waals surface area contributed by atoms with E-state index in [9.17, 15) is 19.2 Å². The molecular formula is C29H26N6O4S. The van der Waals surface area contributed by atoms with E-state index in [4.69, 9.17) is 4.98 Å². The van der Waals surface area contributed by atoms with Crippen molar-refractivity contribution >= 4 is 51.0 Å². The number of piperidine rings is 1. The predicted octanol–water partition coefficient (Wildman–Crippen LogP) is 4.18. The molecule has 4 heterocycles. The maximum atomic E-state index is 13.0. The lowest BCUT2D eigenvalue weighted by molar-refractivity contribution is -0.136. The molecule has 0 radical (unpaired) electrons. The fourth-order valence-electron chi connectivity index (χ4n) is 5.12. The van der Waals surface area contributed by atoms with E-state index in [1.165, 1.54) is 16.2 Å². The Kier molecular flexibility index (Phi) is 6.30. The van der Waals surface area contributed by atoms with Crippen molar-refractivity contribution < 1.29 is 19.2 Å². The van der Waals surface area contributed by atoms with Crippen molar-refractivity contribution in [3.05, 3.63) is 77.1 Å². The summed E-state index contributed by atoms with van der Waals surface area (Å²) in [5.74, 6) is -1.05. The van der Waals surface area contributed by atoms with E-state index in [2.05, 4.69) is 20.9 Å². The molecule has 0 saturated carbocycles. The van der Waals surface area contributed by atoms with E-state index < -0.39 is 23.5 Å². The van der Waals surface area contributed by atoms with Crippen molar-refractivity contribution in [3.8, 4) is 11.1 Å². The number of carbonyl (C=O) groups is 4. The molecule has 3 N–H and O–H groups in total. The van der Waals surface area contributed by atoms with Gasteiger partial charge in [0.25, 0.3) is 5.91 Å². The van der Waals surface area contributed by atoms with Crippen LogP contribution in [0.3, 0.4) is 0 Å². The van der Waals surface area contributed by atoms with Crippen molar-refractivity contribution in [2.75, 3.05) is 5.32 Å². The van der Waals surface area contributed by atoms with Crippen molar-refractivity contribution in [1.82, 2.24) is 25.5 Å². The van der Waals surface area contributed by atoms with Gasteiger partial charge in [-0.2, -0.15) is 0 Å². The summed E-state index contributed by atoms with van der Waals surface area (Å²) in [6.07, 6.45) is 4.02. The maximum absolute atomic E-state index is 13.0. The highest BCUT2D eigenvalue weighted by Gasteiger charge is 2.39. The predicted molar refractivity (Wildman–Crippen MR) is 151 cm³/mol. The second kappa shape index (κ2) is 9.83. The zero-order valence-corrected chi connectivity index (χ0v) is 22.7. The summed E-state index contributed by atoms with van der Waals surface area (Å²) in [5, 5.41) is 8.93. The Hall–Kier alpha value is -4.64. The van der Waals surface area contributed by atoms with E-state index in [-0.39, 0.29) is 24.8 Å². The number of aromatic nitrogens is 2. The van der Waals surface area contributed by atoms with Crippen LogP contribution in [0, 0.1) is 0 Å². The third-order valence-electron chi connectivity index (χ3n) is 7.13. The number of urea groups is 1. The summed E-state index contributed by atoms with van der Waals surface area (Å²) in [6, 6.07) is 13.8. The van der Waals surface area contributed by atoms with Gasteiger partial charge in [0.1, 0.15) is 11.0 Å². The number of nitrogens with one attached hydrogen (secondary N) is 3. The highest BCUT2D eigenvalue weighted by molar-refractivity contribution is 7.18. The van der Waals surface area contributed by atoms with Crippen molar-refractivity contribution in [3.63, 3.8) is 0 Å². The summed E-state index contributed by atoms with van der Waals surface area (Å²) in [5.41, 5.74) is 3.75. The van der Waals surface area contributed by atoms with Gasteiger partial charge in [0.15, 0.2) is 0 Å². The van der Waals surface area contributed by atoms with Crippen LogP contribution in [0.15, 0.2) is 60.9 Å². The molecule has 0 spiro atoms. The minimum absolute atomic E-state index is 0.193. The van der Waals surface area contributed by atoms with Crippen LogP contribution in [-0.2, 0) is 21.7 Å². The van der Waals surface area contributed by atoms with Gasteiger partial charge in [-0.3, -0.25) is 24.7 Å². The molecule has 1 atom stereocenters. The number of imide groups is 1. The van der Waals surface area contributed by atoms with Gasteiger partial charge in [0, 0.05) is 47.7 Å². The molecule has 2 aliphatic rings. The average molecular weight is 555 g/mol. The van der Waals surface area contributed by atoms with Crippen molar-refractivity contribution in [2.24, 2.45) is 0 Å². The Morgan fingerprint density at radius 2 is 1.95 bits per heavy atom. The number of para-hydroxylation sites is 1. The molecule has 4 aromatic rings. The van der Waals surface area contributed by atoms with Gasteiger partial charge in [0.05, 0.1) is 15.8 Å². The maximum Gasteiger partial charge on any atom is 0.319 e. The van der Waals surface area contributed by atoms with Crippen LogP contribution in [0.5, 0.6) is 0 Å². The monoisotopic (exact) mass is 554 g/mol. The average Bonchev–Trinajstić information content (AvgIpc) is 3.51. The second-order valence-corrected chi connectivity index (χ2v) is 11.4. The molecule has 1 fully saturated rings. The Morgan fingerprint density at radius 1 is 1.10 bits per heavy atom. The lowest BCUT2D eigenvalue weighted by Crippen LogP contribution is -2.52. The van der Waals surface area contributed by atoms with Crippen LogP contribution in [0.25, 0.3) is 21.3 Å². The van der Waals surface area contributed by atoms with Gasteiger partial charge >= 0.3 is 6.03 Å². The fourth-order valence-corrected chi connectivity index (χ4v) is 6.17. The molecule has 0 bridgehead atoms.